The molecule has 5 heterocycles. The Labute approximate surface area is 342 Å². The molecule has 4 aromatic carbocycles. The molecule has 16 heteroatoms. The lowest BCUT2D eigenvalue weighted by Gasteiger charge is -2.37. The number of rotatable bonds is 14. The van der Waals surface area contributed by atoms with E-state index < -0.39 is 20.0 Å². The smallest absolute Gasteiger partial charge is 0.244 e. The van der Waals surface area contributed by atoms with Crippen molar-refractivity contribution in [2.45, 2.75) is 28.3 Å². The molecule has 0 amide bonds. The Morgan fingerprint density at radius 3 is 2.29 bits per heavy atom. The molecule has 4 N–H and O–H groups in total. The Kier molecular flexibility index (Phi) is 9.89. The van der Waals surface area contributed by atoms with Crippen molar-refractivity contribution in [3.05, 3.63) is 109 Å². The molecule has 59 heavy (non-hydrogen) atoms. The van der Waals surface area contributed by atoms with Gasteiger partial charge < -0.3 is 24.2 Å². The summed E-state index contributed by atoms with van der Waals surface area (Å²) < 4.78 is 70.1. The molecular formula is C43H47N9O5S2. The Bertz CT molecular complexity index is 3100. The predicted octanol–water partition coefficient (Wildman–Crippen LogP) is 6.01. The third-order valence-corrected chi connectivity index (χ3v) is 14.7. The standard InChI is InChI=1S/C43H47N9O5S2/c1-49(2)39(24-47-59(55,56)43-31-16-18-44-35(31)12-14-41(43)57-5)34-26-50(3)37-13-9-28(21-33(34)37)29-8-11-32-38(22-29)51(4)48-42(32)40(52-19-6-20-52)25-46-58(53,54)30-10-7-27-15-17-45-36(27)23-30/h7-18,21-23,26,39-40,44-47H,6,19-20,24-25H2,1-5H3/t39?,40-/m1/s1. The topological polar surface area (TPSA) is 162 Å². The van der Waals surface area contributed by atoms with Crippen LogP contribution < -0.4 is 14.2 Å². The molecule has 9 rings (SSSR count). The number of nitrogens with zero attached hydrogens (tertiary/aromatic N) is 5. The van der Waals surface area contributed by atoms with E-state index >= 15 is 0 Å². The van der Waals surface area contributed by atoms with Crippen molar-refractivity contribution in [2.24, 2.45) is 14.1 Å². The summed E-state index contributed by atoms with van der Waals surface area (Å²) in [5, 5.41) is 8.49. The highest BCUT2D eigenvalue weighted by molar-refractivity contribution is 7.90. The maximum Gasteiger partial charge on any atom is 0.244 e. The van der Waals surface area contributed by atoms with E-state index in [-0.39, 0.29) is 40.7 Å². The van der Waals surface area contributed by atoms with Gasteiger partial charge in [-0.05, 0) is 97.2 Å². The largest absolute Gasteiger partial charge is 0.495 e. The van der Waals surface area contributed by atoms with Crippen LogP contribution in [0.3, 0.4) is 0 Å². The Hall–Kier alpha value is -5.49. The second-order valence-corrected chi connectivity index (χ2v) is 19.0. The normalized spacial score (nSPS) is 15.2. The Morgan fingerprint density at radius 2 is 1.53 bits per heavy atom. The van der Waals surface area contributed by atoms with Gasteiger partial charge in [0, 0.05) is 97.6 Å². The summed E-state index contributed by atoms with van der Waals surface area (Å²) in [4.78, 5) is 10.8. The number of H-pyrrole nitrogens is 2. The van der Waals surface area contributed by atoms with Gasteiger partial charge in [0.2, 0.25) is 20.0 Å². The lowest BCUT2D eigenvalue weighted by Crippen LogP contribution is -2.45. The number of sulfonamides is 2. The minimum Gasteiger partial charge on any atom is -0.495 e. The quantitative estimate of drug-likeness (QED) is 0.104. The van der Waals surface area contributed by atoms with Gasteiger partial charge in [0.25, 0.3) is 0 Å². The van der Waals surface area contributed by atoms with Gasteiger partial charge in [-0.1, -0.05) is 24.3 Å². The van der Waals surface area contributed by atoms with Crippen LogP contribution in [0.4, 0.5) is 0 Å². The minimum atomic E-state index is -3.97. The van der Waals surface area contributed by atoms with Gasteiger partial charge in [-0.2, -0.15) is 5.10 Å². The van der Waals surface area contributed by atoms with Gasteiger partial charge in [0.1, 0.15) is 10.6 Å². The second kappa shape index (κ2) is 15.0. The third kappa shape index (κ3) is 6.98. The maximum absolute atomic E-state index is 13.9. The number of hydrogen-bond donors (Lipinski definition) is 4. The van der Waals surface area contributed by atoms with Crippen LogP contribution in [0.5, 0.6) is 5.75 Å². The van der Waals surface area contributed by atoms with Gasteiger partial charge in [-0.3, -0.25) is 9.58 Å². The average Bonchev–Trinajstić information content (AvgIpc) is 4.00. The number of nitrogens with one attached hydrogen (secondary N) is 4. The molecule has 0 saturated carbocycles. The fraction of sp³-hybridized carbons (Fsp3) is 0.279. The first kappa shape index (κ1) is 39.0. The SMILES string of the molecule is COc1ccc2[nH]ccc2c1S(=O)(=O)NCC(c1cn(C)c2ccc(-c3ccc4c([C@@H](CNS(=O)(=O)c5ccc6cc[nH]c6c5)N5CCC5)nn(C)c4c3)cc12)N(C)C. The molecule has 1 aliphatic rings. The zero-order chi connectivity index (χ0) is 41.2. The number of aryl methyl sites for hydroxylation is 2. The molecule has 1 aliphatic heterocycles. The van der Waals surface area contributed by atoms with Crippen molar-refractivity contribution in [1.82, 2.24) is 43.6 Å². The van der Waals surface area contributed by atoms with Crippen molar-refractivity contribution >= 4 is 63.7 Å². The summed E-state index contributed by atoms with van der Waals surface area (Å²) in [7, 11) is 1.54. The highest BCUT2D eigenvalue weighted by Crippen LogP contribution is 2.37. The van der Waals surface area contributed by atoms with E-state index in [1.54, 1.807) is 42.7 Å². The molecule has 0 spiro atoms. The van der Waals surface area contributed by atoms with Crippen LogP contribution in [-0.4, -0.2) is 98.3 Å². The highest BCUT2D eigenvalue weighted by Gasteiger charge is 2.32. The van der Waals surface area contributed by atoms with E-state index in [1.807, 2.05) is 49.9 Å². The summed E-state index contributed by atoms with van der Waals surface area (Å²) in [6.45, 7) is 2.04. The molecule has 1 unspecified atom stereocenters. The van der Waals surface area contributed by atoms with Crippen molar-refractivity contribution in [1.29, 1.82) is 0 Å². The van der Waals surface area contributed by atoms with Crippen LogP contribution in [0.15, 0.2) is 107 Å². The highest BCUT2D eigenvalue weighted by atomic mass is 32.2. The zero-order valence-electron chi connectivity index (χ0n) is 33.5. The summed E-state index contributed by atoms with van der Waals surface area (Å²) in [5.74, 6) is 0.278. The van der Waals surface area contributed by atoms with Crippen LogP contribution in [0.2, 0.25) is 0 Å². The number of fused-ring (bicyclic) bond motifs is 4. The second-order valence-electron chi connectivity index (χ2n) is 15.5. The monoisotopic (exact) mass is 833 g/mol. The van der Waals surface area contributed by atoms with Crippen LogP contribution in [0.1, 0.15) is 29.8 Å². The fourth-order valence-corrected chi connectivity index (χ4v) is 10.9. The van der Waals surface area contributed by atoms with E-state index in [1.165, 1.54) is 7.11 Å². The van der Waals surface area contributed by atoms with Crippen molar-refractivity contribution in [2.75, 3.05) is 47.4 Å². The fourth-order valence-electron chi connectivity index (χ4n) is 8.45. The third-order valence-electron chi connectivity index (χ3n) is 11.8. The predicted molar refractivity (Wildman–Crippen MR) is 232 cm³/mol. The number of likely N-dealkylation sites (tertiary alicyclic amines) is 1. The number of aromatic nitrogens is 5. The number of methoxy groups -OCH3 is 1. The van der Waals surface area contributed by atoms with E-state index in [2.05, 4.69) is 71.5 Å². The molecule has 1 fully saturated rings. The first-order valence-electron chi connectivity index (χ1n) is 19.5. The first-order valence-corrected chi connectivity index (χ1v) is 22.5. The first-order chi connectivity index (χ1) is 28.3. The van der Waals surface area contributed by atoms with Crippen LogP contribution in [0, 0.1) is 0 Å². The number of hydrogen-bond acceptors (Lipinski definition) is 8. The van der Waals surface area contributed by atoms with Crippen molar-refractivity contribution in [3.8, 4) is 16.9 Å². The van der Waals surface area contributed by atoms with Crippen molar-refractivity contribution in [3.63, 3.8) is 0 Å². The van der Waals surface area contributed by atoms with Crippen LogP contribution in [-0.2, 0) is 34.1 Å². The Morgan fingerprint density at radius 1 is 0.780 bits per heavy atom. The van der Waals surface area contributed by atoms with Crippen LogP contribution >= 0.6 is 0 Å². The minimum absolute atomic E-state index is 0.105. The molecule has 0 aliphatic carbocycles. The van der Waals surface area contributed by atoms with Crippen molar-refractivity contribution < 1.29 is 21.6 Å². The number of likely N-dealkylation sites (N-methyl/N-ethyl adjacent to an activating group) is 1. The lowest BCUT2D eigenvalue weighted by molar-refractivity contribution is 0.117. The summed E-state index contributed by atoms with van der Waals surface area (Å²) >= 11 is 0. The molecule has 0 bridgehead atoms. The van der Waals surface area contributed by atoms with E-state index in [0.717, 1.165) is 74.6 Å². The molecule has 0 radical (unpaired) electrons. The van der Waals surface area contributed by atoms with E-state index in [9.17, 15) is 16.8 Å². The maximum atomic E-state index is 13.9. The van der Waals surface area contributed by atoms with Gasteiger partial charge >= 0.3 is 0 Å². The lowest BCUT2D eigenvalue weighted by atomic mass is 9.98. The number of benzene rings is 4. The molecule has 14 nitrogen and oxygen atoms in total. The zero-order valence-corrected chi connectivity index (χ0v) is 35.2. The van der Waals surface area contributed by atoms with Crippen LogP contribution in [0.25, 0.3) is 54.7 Å². The number of ether oxygens (including phenoxy) is 1. The Balaban J connectivity index is 1.01. The van der Waals surface area contributed by atoms with E-state index in [0.29, 0.717) is 10.9 Å². The van der Waals surface area contributed by atoms with Gasteiger partial charge in [-0.15, -0.1) is 0 Å². The molecule has 2 atom stereocenters. The molecule has 1 saturated heterocycles. The summed E-state index contributed by atoms with van der Waals surface area (Å²) in [6.07, 6.45) is 6.63. The molecule has 4 aromatic heterocycles. The summed E-state index contributed by atoms with van der Waals surface area (Å²) in [5.41, 5.74) is 7.25. The average molecular weight is 834 g/mol. The van der Waals surface area contributed by atoms with Gasteiger partial charge in [0.05, 0.1) is 29.3 Å². The molecule has 306 valence electrons. The number of aromatic amines is 2. The van der Waals surface area contributed by atoms with Gasteiger partial charge in [0.15, 0.2) is 0 Å². The van der Waals surface area contributed by atoms with Gasteiger partial charge in [-0.25, -0.2) is 26.3 Å². The molecular weight excluding hydrogens is 787 g/mol. The van der Waals surface area contributed by atoms with E-state index in [4.69, 9.17) is 9.84 Å². The summed E-state index contributed by atoms with van der Waals surface area (Å²) in [6, 6.07) is 24.4. The molecule has 8 aromatic rings.